The minimum Gasteiger partial charge on any atom is -0.484 e. The van der Waals surface area contributed by atoms with Crippen molar-refractivity contribution in [3.63, 3.8) is 0 Å². The average molecular weight is 277 g/mol. The Morgan fingerprint density at radius 1 is 1.35 bits per heavy atom. The van der Waals surface area contributed by atoms with Crippen LogP contribution in [-0.4, -0.2) is 44.1 Å². The zero-order valence-corrected chi connectivity index (χ0v) is 12.0. The van der Waals surface area contributed by atoms with Crippen molar-refractivity contribution >= 4 is 11.6 Å². The fourth-order valence-electron chi connectivity index (χ4n) is 2.29. The van der Waals surface area contributed by atoms with Gasteiger partial charge in [-0.25, -0.2) is 0 Å². The zero-order chi connectivity index (χ0) is 14.4. The number of hydrogen-bond donors (Lipinski definition) is 2. The molecule has 1 aromatic carbocycles. The molecule has 1 heterocycles. The lowest BCUT2D eigenvalue weighted by Crippen LogP contribution is -2.38. The van der Waals surface area contributed by atoms with Gasteiger partial charge >= 0.3 is 0 Å². The minimum atomic E-state index is -0.0687. The number of nitrogens with zero attached hydrogens (tertiary/aromatic N) is 1. The summed E-state index contributed by atoms with van der Waals surface area (Å²) in [5.41, 5.74) is 6.27. The summed E-state index contributed by atoms with van der Waals surface area (Å²) in [6.45, 7) is 3.03. The van der Waals surface area contributed by atoms with Crippen LogP contribution in [0.3, 0.4) is 0 Å². The largest absolute Gasteiger partial charge is 0.484 e. The lowest BCUT2D eigenvalue weighted by Gasteiger charge is -2.28. The van der Waals surface area contributed by atoms with Crippen LogP contribution < -0.4 is 15.8 Å². The molecule has 1 aliphatic rings. The molecule has 0 atom stereocenters. The highest BCUT2D eigenvalue weighted by Crippen LogP contribution is 2.15. The van der Waals surface area contributed by atoms with Crippen molar-refractivity contribution in [3.05, 3.63) is 24.3 Å². The number of nitrogens with two attached hydrogens (primary N) is 1. The summed E-state index contributed by atoms with van der Waals surface area (Å²) in [5, 5.41) is 2.94. The Hall–Kier alpha value is -1.75. The molecule has 0 bridgehead atoms. The molecule has 0 spiro atoms. The lowest BCUT2D eigenvalue weighted by atomic mass is 9.97. The smallest absolute Gasteiger partial charge is 0.257 e. The average Bonchev–Trinajstić information content (AvgIpc) is 2.46. The highest BCUT2D eigenvalue weighted by molar-refractivity contribution is 5.77. The molecule has 5 heteroatoms. The number of anilines is 1. The Morgan fingerprint density at radius 2 is 2.00 bits per heavy atom. The van der Waals surface area contributed by atoms with Crippen LogP contribution in [0.1, 0.15) is 12.8 Å². The Kier molecular flexibility index (Phi) is 5.24. The van der Waals surface area contributed by atoms with Crippen molar-refractivity contribution in [1.29, 1.82) is 0 Å². The van der Waals surface area contributed by atoms with Crippen LogP contribution in [0.4, 0.5) is 5.69 Å². The molecule has 2 rings (SSSR count). The fourth-order valence-corrected chi connectivity index (χ4v) is 2.29. The van der Waals surface area contributed by atoms with E-state index in [1.807, 2.05) is 0 Å². The molecule has 1 saturated heterocycles. The molecular formula is C15H23N3O2. The van der Waals surface area contributed by atoms with Gasteiger partial charge in [-0.2, -0.15) is 0 Å². The summed E-state index contributed by atoms with van der Waals surface area (Å²) < 4.78 is 5.40. The lowest BCUT2D eigenvalue weighted by molar-refractivity contribution is -0.123. The minimum absolute atomic E-state index is 0.0521. The molecule has 20 heavy (non-hydrogen) atoms. The van der Waals surface area contributed by atoms with Gasteiger partial charge in [-0.3, -0.25) is 4.79 Å². The standard InChI is InChI=1S/C15H23N3O2/c1-18-8-6-12(7-9-18)10-17-15(19)11-20-14-4-2-13(16)3-5-14/h2-5,12H,6-11,16H2,1H3,(H,17,19). The van der Waals surface area contributed by atoms with E-state index in [0.717, 1.165) is 32.5 Å². The first-order valence-electron chi connectivity index (χ1n) is 7.07. The highest BCUT2D eigenvalue weighted by atomic mass is 16.5. The van der Waals surface area contributed by atoms with Crippen molar-refractivity contribution in [2.75, 3.05) is 39.0 Å². The van der Waals surface area contributed by atoms with Gasteiger partial charge in [0, 0.05) is 12.2 Å². The summed E-state index contributed by atoms with van der Waals surface area (Å²) in [6, 6.07) is 7.04. The van der Waals surface area contributed by atoms with Crippen LogP contribution in [0, 0.1) is 5.92 Å². The van der Waals surface area contributed by atoms with E-state index in [1.165, 1.54) is 0 Å². The number of benzene rings is 1. The third-order valence-corrected chi connectivity index (χ3v) is 3.68. The number of piperidine rings is 1. The number of carbonyl (C=O) groups is 1. The maximum absolute atomic E-state index is 11.7. The molecule has 1 aliphatic heterocycles. The molecule has 0 aliphatic carbocycles. The van der Waals surface area contributed by atoms with E-state index in [-0.39, 0.29) is 12.5 Å². The second-order valence-corrected chi connectivity index (χ2v) is 5.41. The van der Waals surface area contributed by atoms with Gasteiger partial charge in [0.15, 0.2) is 6.61 Å². The van der Waals surface area contributed by atoms with Crippen molar-refractivity contribution in [3.8, 4) is 5.75 Å². The maximum Gasteiger partial charge on any atom is 0.257 e. The second kappa shape index (κ2) is 7.14. The Morgan fingerprint density at radius 3 is 2.65 bits per heavy atom. The van der Waals surface area contributed by atoms with Crippen LogP contribution in [0.5, 0.6) is 5.75 Å². The number of rotatable bonds is 5. The van der Waals surface area contributed by atoms with Crippen LogP contribution >= 0.6 is 0 Å². The van der Waals surface area contributed by atoms with E-state index < -0.39 is 0 Å². The van der Waals surface area contributed by atoms with Gasteiger partial charge in [-0.05, 0) is 63.2 Å². The topological polar surface area (TPSA) is 67.6 Å². The van der Waals surface area contributed by atoms with E-state index in [1.54, 1.807) is 24.3 Å². The first-order valence-corrected chi connectivity index (χ1v) is 7.07. The van der Waals surface area contributed by atoms with Gasteiger partial charge < -0.3 is 20.7 Å². The molecule has 1 amide bonds. The Balaban J connectivity index is 1.64. The molecule has 0 aromatic heterocycles. The summed E-state index contributed by atoms with van der Waals surface area (Å²) in [6.07, 6.45) is 2.30. The van der Waals surface area contributed by atoms with E-state index in [2.05, 4.69) is 17.3 Å². The summed E-state index contributed by atoms with van der Waals surface area (Å²) in [5.74, 6) is 1.18. The van der Waals surface area contributed by atoms with E-state index in [0.29, 0.717) is 17.4 Å². The first kappa shape index (κ1) is 14.7. The quantitative estimate of drug-likeness (QED) is 0.791. The molecular weight excluding hydrogens is 254 g/mol. The molecule has 0 saturated carbocycles. The number of nitrogens with one attached hydrogen (secondary N) is 1. The van der Waals surface area contributed by atoms with Gasteiger partial charge in [0.25, 0.3) is 5.91 Å². The monoisotopic (exact) mass is 277 g/mol. The molecule has 1 fully saturated rings. The predicted octanol–water partition coefficient (Wildman–Crippen LogP) is 1.11. The zero-order valence-electron chi connectivity index (χ0n) is 12.0. The second-order valence-electron chi connectivity index (χ2n) is 5.41. The number of carbonyl (C=O) groups excluding carboxylic acids is 1. The van der Waals surface area contributed by atoms with Gasteiger partial charge in [0.1, 0.15) is 5.75 Å². The van der Waals surface area contributed by atoms with Gasteiger partial charge in [0.05, 0.1) is 0 Å². The van der Waals surface area contributed by atoms with Crippen molar-refractivity contribution in [1.82, 2.24) is 10.2 Å². The van der Waals surface area contributed by atoms with Crippen LogP contribution in [0.25, 0.3) is 0 Å². The SMILES string of the molecule is CN1CCC(CNC(=O)COc2ccc(N)cc2)CC1. The van der Waals surface area contributed by atoms with Gasteiger partial charge in [-0.1, -0.05) is 0 Å². The van der Waals surface area contributed by atoms with Crippen LogP contribution in [0.15, 0.2) is 24.3 Å². The number of nitrogen functional groups attached to an aromatic ring is 1. The Bertz CT molecular complexity index is 425. The first-order chi connectivity index (χ1) is 9.63. The van der Waals surface area contributed by atoms with E-state index in [4.69, 9.17) is 10.5 Å². The van der Waals surface area contributed by atoms with Crippen LogP contribution in [0.2, 0.25) is 0 Å². The summed E-state index contributed by atoms with van der Waals surface area (Å²) in [4.78, 5) is 14.0. The predicted molar refractivity (Wildman–Crippen MR) is 79.6 cm³/mol. The van der Waals surface area contributed by atoms with E-state index >= 15 is 0 Å². The van der Waals surface area contributed by atoms with Crippen molar-refractivity contribution in [2.24, 2.45) is 5.92 Å². The van der Waals surface area contributed by atoms with E-state index in [9.17, 15) is 4.79 Å². The molecule has 3 N–H and O–H groups in total. The van der Waals surface area contributed by atoms with Gasteiger partial charge in [0.2, 0.25) is 0 Å². The number of likely N-dealkylation sites (tertiary alicyclic amines) is 1. The summed E-state index contributed by atoms with van der Waals surface area (Å²) >= 11 is 0. The summed E-state index contributed by atoms with van der Waals surface area (Å²) in [7, 11) is 2.13. The van der Waals surface area contributed by atoms with Gasteiger partial charge in [-0.15, -0.1) is 0 Å². The van der Waals surface area contributed by atoms with Crippen molar-refractivity contribution < 1.29 is 9.53 Å². The Labute approximate surface area is 120 Å². The number of ether oxygens (including phenoxy) is 1. The number of hydrogen-bond acceptors (Lipinski definition) is 4. The third-order valence-electron chi connectivity index (χ3n) is 3.68. The fraction of sp³-hybridized carbons (Fsp3) is 0.533. The normalized spacial score (nSPS) is 16.9. The number of amides is 1. The maximum atomic E-state index is 11.7. The molecule has 5 nitrogen and oxygen atoms in total. The highest BCUT2D eigenvalue weighted by Gasteiger charge is 2.17. The molecule has 0 unspecified atom stereocenters. The molecule has 0 radical (unpaired) electrons. The van der Waals surface area contributed by atoms with Crippen LogP contribution in [-0.2, 0) is 4.79 Å². The third kappa shape index (κ3) is 4.74. The van der Waals surface area contributed by atoms with Crippen molar-refractivity contribution in [2.45, 2.75) is 12.8 Å². The molecule has 1 aromatic rings. The molecule has 110 valence electrons.